The molecule has 2 fully saturated rings. The smallest absolute Gasteiger partial charge is 0.252 e. The second-order valence-corrected chi connectivity index (χ2v) is 7.02. The highest BCUT2D eigenvalue weighted by Gasteiger charge is 2.55. The van der Waals surface area contributed by atoms with Crippen molar-refractivity contribution in [2.24, 2.45) is 11.3 Å². The molecule has 0 bridgehead atoms. The number of rotatable bonds is 2. The molecule has 20 heavy (non-hydrogen) atoms. The summed E-state index contributed by atoms with van der Waals surface area (Å²) in [5.74, 6) is 0.848. The Hall–Kier alpha value is -1.32. The van der Waals surface area contributed by atoms with E-state index in [9.17, 15) is 4.79 Å². The minimum Gasteiger partial charge on any atom is -0.322 e. The van der Waals surface area contributed by atoms with Gasteiger partial charge in [0.15, 0.2) is 0 Å². The van der Waals surface area contributed by atoms with Gasteiger partial charge in [-0.3, -0.25) is 9.69 Å². The molecule has 104 valence electrons. The topological polar surface area (TPSA) is 36.1 Å². The fourth-order valence-electron chi connectivity index (χ4n) is 3.57. The number of pyridine rings is 1. The van der Waals surface area contributed by atoms with Gasteiger partial charge >= 0.3 is 0 Å². The van der Waals surface area contributed by atoms with Gasteiger partial charge in [-0.05, 0) is 41.3 Å². The third-order valence-electron chi connectivity index (χ3n) is 4.88. The molecule has 2 atom stereocenters. The van der Waals surface area contributed by atoms with Crippen molar-refractivity contribution in [3.63, 3.8) is 0 Å². The molecule has 0 amide bonds. The van der Waals surface area contributed by atoms with Crippen molar-refractivity contribution in [2.45, 2.75) is 19.9 Å². The van der Waals surface area contributed by atoms with E-state index in [1.54, 1.807) is 6.07 Å². The molecule has 1 N–H and O–H groups in total. The van der Waals surface area contributed by atoms with Gasteiger partial charge in [0, 0.05) is 35.7 Å². The molecule has 1 aromatic heterocycles. The Morgan fingerprint density at radius 1 is 1.45 bits per heavy atom. The van der Waals surface area contributed by atoms with E-state index in [2.05, 4.69) is 16.8 Å². The maximum Gasteiger partial charge on any atom is 0.252 e. The Kier molecular flexibility index (Phi) is 2.54. The summed E-state index contributed by atoms with van der Waals surface area (Å²) in [4.78, 5) is 17.5. The van der Waals surface area contributed by atoms with E-state index < -0.39 is 0 Å². The first kappa shape index (κ1) is 12.4. The van der Waals surface area contributed by atoms with E-state index >= 15 is 0 Å². The molecule has 0 spiro atoms. The molecule has 1 saturated heterocycles. The third-order valence-corrected chi connectivity index (χ3v) is 5.12. The molecule has 1 aliphatic carbocycles. The fourth-order valence-corrected chi connectivity index (χ4v) is 3.74. The van der Waals surface area contributed by atoms with Crippen LogP contribution in [0.5, 0.6) is 0 Å². The van der Waals surface area contributed by atoms with Crippen LogP contribution in [0.1, 0.15) is 18.9 Å². The van der Waals surface area contributed by atoms with Crippen LogP contribution >= 0.6 is 11.6 Å². The lowest BCUT2D eigenvalue weighted by Crippen LogP contribution is -2.27. The van der Waals surface area contributed by atoms with Crippen LogP contribution in [0.2, 0.25) is 5.02 Å². The largest absolute Gasteiger partial charge is 0.322 e. The van der Waals surface area contributed by atoms with Gasteiger partial charge in [0.25, 0.3) is 5.56 Å². The first-order valence-corrected chi connectivity index (χ1v) is 7.45. The second-order valence-electron chi connectivity index (χ2n) is 6.58. The van der Waals surface area contributed by atoms with Crippen molar-refractivity contribution in [3.05, 3.63) is 45.2 Å². The Morgan fingerprint density at radius 3 is 3.05 bits per heavy atom. The minimum absolute atomic E-state index is 0.00509. The molecule has 4 rings (SSSR count). The standard InChI is InChI=1S/C16H17ClN2O/c1-16-6-12(16)8-19(9-16)7-11-4-10-2-3-13(17)5-14(10)18-15(11)20/h2-5,12H,6-9H2,1H3,(H,18,20). The summed E-state index contributed by atoms with van der Waals surface area (Å²) < 4.78 is 0. The number of fused-ring (bicyclic) bond motifs is 2. The first-order valence-electron chi connectivity index (χ1n) is 7.07. The van der Waals surface area contributed by atoms with E-state index in [0.717, 1.165) is 42.0 Å². The highest BCUT2D eigenvalue weighted by molar-refractivity contribution is 6.31. The van der Waals surface area contributed by atoms with Gasteiger partial charge in [0.1, 0.15) is 0 Å². The number of hydrogen-bond acceptors (Lipinski definition) is 2. The summed E-state index contributed by atoms with van der Waals surface area (Å²) in [7, 11) is 0. The van der Waals surface area contributed by atoms with Crippen LogP contribution in [0.3, 0.4) is 0 Å². The van der Waals surface area contributed by atoms with Gasteiger partial charge in [0.2, 0.25) is 0 Å². The van der Waals surface area contributed by atoms with Crippen LogP contribution in [0.4, 0.5) is 0 Å². The zero-order chi connectivity index (χ0) is 13.9. The fraction of sp³-hybridized carbons (Fsp3) is 0.438. The SMILES string of the molecule is CC12CC1CN(Cc1cc3ccc(Cl)cc3[nH]c1=O)C2. The van der Waals surface area contributed by atoms with Crippen molar-refractivity contribution < 1.29 is 0 Å². The number of halogens is 1. The van der Waals surface area contributed by atoms with Crippen molar-refractivity contribution in [1.29, 1.82) is 0 Å². The molecule has 2 unspecified atom stereocenters. The Labute approximate surface area is 122 Å². The first-order chi connectivity index (χ1) is 9.53. The maximum absolute atomic E-state index is 12.2. The summed E-state index contributed by atoms with van der Waals surface area (Å²) in [6.07, 6.45) is 1.36. The molecular formula is C16H17ClN2O. The Bertz CT molecular complexity index is 754. The van der Waals surface area contributed by atoms with Crippen LogP contribution in [-0.2, 0) is 6.54 Å². The van der Waals surface area contributed by atoms with Gasteiger partial charge in [0.05, 0.1) is 0 Å². The van der Waals surface area contributed by atoms with Crippen molar-refractivity contribution in [2.75, 3.05) is 13.1 Å². The molecule has 1 aliphatic heterocycles. The van der Waals surface area contributed by atoms with Crippen LogP contribution in [0.25, 0.3) is 10.9 Å². The highest BCUT2D eigenvalue weighted by atomic mass is 35.5. The number of aromatic amines is 1. The molecule has 1 aromatic carbocycles. The van der Waals surface area contributed by atoms with Crippen LogP contribution in [0.15, 0.2) is 29.1 Å². The number of aromatic nitrogens is 1. The summed E-state index contributed by atoms with van der Waals surface area (Å²) in [5.41, 5.74) is 2.19. The van der Waals surface area contributed by atoms with Crippen LogP contribution in [-0.4, -0.2) is 23.0 Å². The van der Waals surface area contributed by atoms with Gasteiger partial charge in [-0.1, -0.05) is 24.6 Å². The number of H-pyrrole nitrogens is 1. The van der Waals surface area contributed by atoms with E-state index in [0.29, 0.717) is 10.4 Å². The lowest BCUT2D eigenvalue weighted by atomic mass is 10.1. The minimum atomic E-state index is 0.00509. The van der Waals surface area contributed by atoms with Crippen LogP contribution in [0, 0.1) is 11.3 Å². The van der Waals surface area contributed by atoms with E-state index in [1.807, 2.05) is 18.2 Å². The molecular weight excluding hydrogens is 272 g/mol. The second kappa shape index (κ2) is 4.09. The molecule has 2 aromatic rings. The average Bonchev–Trinajstić information content (AvgIpc) is 2.89. The lowest BCUT2D eigenvalue weighted by molar-refractivity contribution is 0.277. The zero-order valence-corrected chi connectivity index (χ0v) is 12.2. The highest BCUT2D eigenvalue weighted by Crippen LogP contribution is 2.57. The van der Waals surface area contributed by atoms with Crippen molar-refractivity contribution in [1.82, 2.24) is 9.88 Å². The van der Waals surface area contributed by atoms with E-state index in [4.69, 9.17) is 11.6 Å². The Balaban J connectivity index is 1.65. The van der Waals surface area contributed by atoms with Gasteiger partial charge < -0.3 is 4.98 Å². The van der Waals surface area contributed by atoms with Crippen molar-refractivity contribution >= 4 is 22.5 Å². The molecule has 4 heteroatoms. The average molecular weight is 289 g/mol. The van der Waals surface area contributed by atoms with Gasteiger partial charge in [-0.25, -0.2) is 0 Å². The molecule has 1 saturated carbocycles. The lowest BCUT2D eigenvalue weighted by Gasteiger charge is -2.18. The zero-order valence-electron chi connectivity index (χ0n) is 11.4. The van der Waals surface area contributed by atoms with Gasteiger partial charge in [-0.2, -0.15) is 0 Å². The normalized spacial score (nSPS) is 28.8. The molecule has 2 aliphatic rings. The molecule has 0 radical (unpaired) electrons. The predicted molar refractivity (Wildman–Crippen MR) is 81.1 cm³/mol. The monoisotopic (exact) mass is 288 g/mol. The predicted octanol–water partition coefficient (Wildman–Crippen LogP) is 3.02. The summed E-state index contributed by atoms with van der Waals surface area (Å²) in [6.45, 7) is 5.36. The number of nitrogens with zero attached hydrogens (tertiary/aromatic N) is 1. The number of benzene rings is 1. The van der Waals surface area contributed by atoms with Crippen molar-refractivity contribution in [3.8, 4) is 0 Å². The number of nitrogens with one attached hydrogen (secondary N) is 1. The number of piperidine rings is 1. The maximum atomic E-state index is 12.2. The third kappa shape index (κ3) is 1.97. The number of likely N-dealkylation sites (tertiary alicyclic amines) is 1. The van der Waals surface area contributed by atoms with E-state index in [1.165, 1.54) is 6.42 Å². The number of hydrogen-bond donors (Lipinski definition) is 1. The molecule has 2 heterocycles. The quantitative estimate of drug-likeness (QED) is 0.922. The van der Waals surface area contributed by atoms with E-state index in [-0.39, 0.29) is 5.56 Å². The summed E-state index contributed by atoms with van der Waals surface area (Å²) in [6, 6.07) is 7.61. The van der Waals surface area contributed by atoms with Crippen LogP contribution < -0.4 is 5.56 Å². The summed E-state index contributed by atoms with van der Waals surface area (Å²) in [5, 5.41) is 1.69. The Morgan fingerprint density at radius 2 is 2.30 bits per heavy atom. The summed E-state index contributed by atoms with van der Waals surface area (Å²) >= 11 is 5.95. The van der Waals surface area contributed by atoms with Gasteiger partial charge in [-0.15, -0.1) is 0 Å². The molecule has 3 nitrogen and oxygen atoms in total.